The highest BCUT2D eigenvalue weighted by Gasteiger charge is 2.24. The van der Waals surface area contributed by atoms with Crippen LogP contribution >= 0.6 is 15.9 Å². The molecule has 1 aromatic carbocycles. The van der Waals surface area contributed by atoms with Crippen LogP contribution in [0.15, 0.2) is 16.6 Å². The molecule has 1 saturated heterocycles. The van der Waals surface area contributed by atoms with E-state index in [0.717, 1.165) is 25.6 Å². The smallest absolute Gasteiger partial charge is 0.169 e. The zero-order chi connectivity index (χ0) is 12.4. The summed E-state index contributed by atoms with van der Waals surface area (Å²) >= 11 is 2.95. The van der Waals surface area contributed by atoms with Crippen molar-refractivity contribution in [3.8, 4) is 0 Å². The zero-order valence-electron chi connectivity index (χ0n) is 9.10. The standard InChI is InChI=1S/C12H12BrF2NO/c13-8-1-2-9(14)11(12(8)15)10(17)5-7-3-4-16-6-7/h1-2,7,16H,3-6H2. The van der Waals surface area contributed by atoms with Crippen LogP contribution in [0.2, 0.25) is 0 Å². The van der Waals surface area contributed by atoms with Gasteiger partial charge in [-0.3, -0.25) is 4.79 Å². The predicted molar refractivity (Wildman–Crippen MR) is 64.0 cm³/mol. The van der Waals surface area contributed by atoms with Gasteiger partial charge in [-0.1, -0.05) is 0 Å². The lowest BCUT2D eigenvalue weighted by Crippen LogP contribution is -2.15. The summed E-state index contributed by atoms with van der Waals surface area (Å²) in [6.07, 6.45) is 1.07. The van der Waals surface area contributed by atoms with E-state index >= 15 is 0 Å². The monoisotopic (exact) mass is 303 g/mol. The molecular formula is C12H12BrF2NO. The minimum atomic E-state index is -0.805. The summed E-state index contributed by atoms with van der Waals surface area (Å²) in [6, 6.07) is 2.37. The maximum absolute atomic E-state index is 13.7. The number of nitrogens with one attached hydrogen (secondary N) is 1. The van der Waals surface area contributed by atoms with Gasteiger partial charge in [0.25, 0.3) is 0 Å². The highest BCUT2D eigenvalue weighted by atomic mass is 79.9. The second kappa shape index (κ2) is 5.23. The molecule has 1 atom stereocenters. The molecule has 0 saturated carbocycles. The Morgan fingerprint density at radius 2 is 2.24 bits per heavy atom. The number of hydrogen-bond acceptors (Lipinski definition) is 2. The van der Waals surface area contributed by atoms with E-state index in [9.17, 15) is 13.6 Å². The van der Waals surface area contributed by atoms with Crippen molar-refractivity contribution in [2.45, 2.75) is 12.8 Å². The molecule has 0 aromatic heterocycles. The normalized spacial score (nSPS) is 19.6. The summed E-state index contributed by atoms with van der Waals surface area (Å²) in [7, 11) is 0. The van der Waals surface area contributed by atoms with E-state index < -0.39 is 23.0 Å². The van der Waals surface area contributed by atoms with Crippen molar-refractivity contribution in [2.24, 2.45) is 5.92 Å². The van der Waals surface area contributed by atoms with Gasteiger partial charge in [-0.15, -0.1) is 0 Å². The second-order valence-corrected chi connectivity index (χ2v) is 5.06. The number of halogens is 3. The molecule has 0 radical (unpaired) electrons. The van der Waals surface area contributed by atoms with E-state index in [1.54, 1.807) is 0 Å². The van der Waals surface area contributed by atoms with Gasteiger partial charge in [-0.05, 0) is 53.5 Å². The van der Waals surface area contributed by atoms with Crippen LogP contribution in [-0.2, 0) is 0 Å². The van der Waals surface area contributed by atoms with E-state index in [1.165, 1.54) is 6.07 Å². The second-order valence-electron chi connectivity index (χ2n) is 4.20. The molecule has 0 spiro atoms. The van der Waals surface area contributed by atoms with E-state index in [-0.39, 0.29) is 16.8 Å². The maximum atomic E-state index is 13.7. The first-order valence-electron chi connectivity index (χ1n) is 5.47. The van der Waals surface area contributed by atoms with Gasteiger partial charge >= 0.3 is 0 Å². The number of carbonyl (C=O) groups is 1. The van der Waals surface area contributed by atoms with E-state index in [2.05, 4.69) is 21.2 Å². The molecule has 1 aliphatic heterocycles. The van der Waals surface area contributed by atoms with Gasteiger partial charge in [0, 0.05) is 6.42 Å². The van der Waals surface area contributed by atoms with Crippen LogP contribution in [0.1, 0.15) is 23.2 Å². The summed E-state index contributed by atoms with van der Waals surface area (Å²) in [5, 5.41) is 3.12. The minimum absolute atomic E-state index is 0.117. The quantitative estimate of drug-likeness (QED) is 0.687. The zero-order valence-corrected chi connectivity index (χ0v) is 10.7. The fourth-order valence-electron chi connectivity index (χ4n) is 2.04. The highest BCUT2D eigenvalue weighted by molar-refractivity contribution is 9.10. The number of ketones is 1. The Kier molecular flexibility index (Phi) is 3.89. The molecular weight excluding hydrogens is 292 g/mol. The molecule has 0 bridgehead atoms. The third-order valence-corrected chi connectivity index (χ3v) is 3.57. The molecule has 1 aliphatic rings. The number of carbonyl (C=O) groups excluding carboxylic acids is 1. The first kappa shape index (κ1) is 12.6. The van der Waals surface area contributed by atoms with E-state index in [4.69, 9.17) is 0 Å². The number of Topliss-reactive ketones (excluding diaryl/α,β-unsaturated/α-hetero) is 1. The molecule has 92 valence electrons. The lowest BCUT2D eigenvalue weighted by atomic mass is 9.97. The number of benzene rings is 1. The van der Waals surface area contributed by atoms with E-state index in [0.29, 0.717) is 0 Å². The maximum Gasteiger partial charge on any atom is 0.169 e. The molecule has 1 unspecified atom stereocenters. The van der Waals surface area contributed by atoms with Crippen LogP contribution in [-0.4, -0.2) is 18.9 Å². The Morgan fingerprint density at radius 1 is 1.47 bits per heavy atom. The van der Waals surface area contributed by atoms with Crippen LogP contribution in [0, 0.1) is 17.6 Å². The lowest BCUT2D eigenvalue weighted by molar-refractivity contribution is 0.0956. The molecule has 1 fully saturated rings. The molecule has 1 N–H and O–H groups in total. The largest absolute Gasteiger partial charge is 0.316 e. The fourth-order valence-corrected chi connectivity index (χ4v) is 2.37. The Balaban J connectivity index is 2.21. The Morgan fingerprint density at radius 3 is 2.88 bits per heavy atom. The van der Waals surface area contributed by atoms with Crippen molar-refractivity contribution in [3.05, 3.63) is 33.8 Å². The predicted octanol–water partition coefficient (Wildman–Crippen LogP) is 2.91. The third-order valence-electron chi connectivity index (χ3n) is 2.96. The topological polar surface area (TPSA) is 29.1 Å². The van der Waals surface area contributed by atoms with Gasteiger partial charge in [-0.25, -0.2) is 8.78 Å². The Hall–Kier alpha value is -0.810. The SMILES string of the molecule is O=C(CC1CCNC1)c1c(F)ccc(Br)c1F. The average Bonchev–Trinajstić information content (AvgIpc) is 2.77. The fraction of sp³-hybridized carbons (Fsp3) is 0.417. The summed E-state index contributed by atoms with van der Waals surface area (Å²) in [4.78, 5) is 11.9. The molecule has 0 aliphatic carbocycles. The van der Waals surface area contributed by atoms with Gasteiger partial charge in [0.1, 0.15) is 5.82 Å². The van der Waals surface area contributed by atoms with Crippen LogP contribution in [0.25, 0.3) is 0 Å². The number of rotatable bonds is 3. The summed E-state index contributed by atoms with van der Waals surface area (Å²) < 4.78 is 27.2. The van der Waals surface area contributed by atoms with Gasteiger partial charge in [-0.2, -0.15) is 0 Å². The van der Waals surface area contributed by atoms with Gasteiger partial charge < -0.3 is 5.32 Å². The van der Waals surface area contributed by atoms with Crippen molar-refractivity contribution in [3.63, 3.8) is 0 Å². The van der Waals surface area contributed by atoms with Crippen molar-refractivity contribution in [2.75, 3.05) is 13.1 Å². The van der Waals surface area contributed by atoms with Gasteiger partial charge in [0.2, 0.25) is 0 Å². The molecule has 2 rings (SSSR count). The van der Waals surface area contributed by atoms with Crippen LogP contribution in [0.5, 0.6) is 0 Å². The van der Waals surface area contributed by atoms with Gasteiger partial charge in [0.05, 0.1) is 10.0 Å². The highest BCUT2D eigenvalue weighted by Crippen LogP contribution is 2.24. The van der Waals surface area contributed by atoms with Crippen LogP contribution < -0.4 is 5.32 Å². The molecule has 0 amide bonds. The van der Waals surface area contributed by atoms with Crippen LogP contribution in [0.3, 0.4) is 0 Å². The summed E-state index contributed by atoms with van der Waals surface area (Å²) in [6.45, 7) is 1.60. The van der Waals surface area contributed by atoms with Crippen molar-refractivity contribution in [1.82, 2.24) is 5.32 Å². The molecule has 2 nitrogen and oxygen atoms in total. The number of hydrogen-bond donors (Lipinski definition) is 1. The Bertz CT molecular complexity index is 444. The lowest BCUT2D eigenvalue weighted by Gasteiger charge is -2.09. The molecule has 1 aromatic rings. The first-order valence-corrected chi connectivity index (χ1v) is 6.26. The van der Waals surface area contributed by atoms with Crippen LogP contribution in [0.4, 0.5) is 8.78 Å². The molecule has 17 heavy (non-hydrogen) atoms. The molecule has 1 heterocycles. The first-order chi connectivity index (χ1) is 8.09. The Labute approximate surface area is 107 Å². The van der Waals surface area contributed by atoms with Crippen molar-refractivity contribution in [1.29, 1.82) is 0 Å². The average molecular weight is 304 g/mol. The minimum Gasteiger partial charge on any atom is -0.316 e. The van der Waals surface area contributed by atoms with Crippen molar-refractivity contribution < 1.29 is 13.6 Å². The summed E-state index contributed by atoms with van der Waals surface area (Å²) in [5.74, 6) is -1.88. The van der Waals surface area contributed by atoms with E-state index in [1.807, 2.05) is 0 Å². The van der Waals surface area contributed by atoms with Crippen molar-refractivity contribution >= 4 is 21.7 Å². The third kappa shape index (κ3) is 2.72. The molecule has 5 heteroatoms. The summed E-state index contributed by atoms with van der Waals surface area (Å²) in [5.41, 5.74) is -0.425. The van der Waals surface area contributed by atoms with Gasteiger partial charge in [0.15, 0.2) is 11.6 Å².